The Hall–Kier alpha value is -1.83. The van der Waals surface area contributed by atoms with Gasteiger partial charge in [0.1, 0.15) is 18.1 Å². The van der Waals surface area contributed by atoms with Gasteiger partial charge in [-0.25, -0.2) is 4.39 Å². The van der Waals surface area contributed by atoms with Crippen LogP contribution >= 0.6 is 0 Å². The summed E-state index contributed by atoms with van der Waals surface area (Å²) in [6, 6.07) is 3.07. The molecule has 0 radical (unpaired) electrons. The molecule has 0 aliphatic carbocycles. The molecule has 112 valence electrons. The van der Waals surface area contributed by atoms with Crippen LogP contribution in [-0.2, 0) is 0 Å². The van der Waals surface area contributed by atoms with Gasteiger partial charge in [-0.05, 0) is 31.2 Å². The fourth-order valence-electron chi connectivity index (χ4n) is 1.35. The molecule has 0 fully saturated rings. The van der Waals surface area contributed by atoms with Crippen LogP contribution in [0.2, 0.25) is 0 Å². The minimum absolute atomic E-state index is 0.0134. The van der Waals surface area contributed by atoms with Crippen molar-refractivity contribution in [3.05, 3.63) is 29.6 Å². The van der Waals surface area contributed by atoms with Crippen molar-refractivity contribution in [3.8, 4) is 5.75 Å². The minimum atomic E-state index is -4.54. The second-order valence-electron chi connectivity index (χ2n) is 3.93. The number of nitrogens with two attached hydrogens (primary N) is 1. The van der Waals surface area contributed by atoms with Crippen LogP contribution in [0.5, 0.6) is 5.75 Å². The zero-order valence-corrected chi connectivity index (χ0v) is 10.5. The Morgan fingerprint density at radius 2 is 2.05 bits per heavy atom. The number of hydrogen-bond acceptors (Lipinski definition) is 3. The van der Waals surface area contributed by atoms with Crippen LogP contribution in [0.25, 0.3) is 0 Å². The van der Waals surface area contributed by atoms with Gasteiger partial charge >= 0.3 is 6.18 Å². The summed E-state index contributed by atoms with van der Waals surface area (Å²) in [5, 5.41) is 1.66. The highest BCUT2D eigenvalue weighted by atomic mass is 19.4. The van der Waals surface area contributed by atoms with Crippen molar-refractivity contribution >= 4 is 5.91 Å². The van der Waals surface area contributed by atoms with Crippen molar-refractivity contribution in [1.29, 1.82) is 0 Å². The van der Waals surface area contributed by atoms with Gasteiger partial charge in [-0.3, -0.25) is 4.79 Å². The Bertz CT molecular complexity index is 463. The van der Waals surface area contributed by atoms with Crippen molar-refractivity contribution in [1.82, 2.24) is 5.32 Å². The van der Waals surface area contributed by atoms with Crippen LogP contribution in [0, 0.1) is 5.82 Å². The average Bonchev–Trinajstić information content (AvgIpc) is 2.37. The molecule has 1 rings (SSSR count). The van der Waals surface area contributed by atoms with Gasteiger partial charge < -0.3 is 15.8 Å². The second kappa shape index (κ2) is 7.09. The summed E-state index contributed by atoms with van der Waals surface area (Å²) in [6.07, 6.45) is -4.04. The van der Waals surface area contributed by atoms with E-state index in [1.165, 1.54) is 6.07 Å². The lowest BCUT2D eigenvalue weighted by molar-refractivity contribution is -0.123. The molecule has 1 amide bonds. The van der Waals surface area contributed by atoms with Crippen molar-refractivity contribution < 1.29 is 27.1 Å². The largest absolute Gasteiger partial charge is 0.493 e. The van der Waals surface area contributed by atoms with Gasteiger partial charge in [0.2, 0.25) is 0 Å². The molecular weight excluding hydrogens is 280 g/mol. The van der Waals surface area contributed by atoms with Gasteiger partial charge in [0.05, 0.1) is 12.2 Å². The van der Waals surface area contributed by atoms with Crippen molar-refractivity contribution in [3.63, 3.8) is 0 Å². The van der Waals surface area contributed by atoms with E-state index in [9.17, 15) is 22.4 Å². The van der Waals surface area contributed by atoms with Gasteiger partial charge in [0, 0.05) is 0 Å². The predicted molar refractivity (Wildman–Crippen MR) is 64.0 cm³/mol. The highest BCUT2D eigenvalue weighted by Gasteiger charge is 2.28. The Labute approximate surface area is 112 Å². The first-order valence-electron chi connectivity index (χ1n) is 5.81. The molecule has 0 unspecified atom stereocenters. The third kappa shape index (κ3) is 5.43. The molecule has 0 aliphatic heterocycles. The van der Waals surface area contributed by atoms with Gasteiger partial charge in [0.15, 0.2) is 0 Å². The average molecular weight is 294 g/mol. The predicted octanol–water partition coefficient (Wildman–Crippen LogP) is 1.85. The third-order valence-corrected chi connectivity index (χ3v) is 2.24. The highest BCUT2D eigenvalue weighted by Crippen LogP contribution is 2.20. The maximum atomic E-state index is 13.1. The summed E-state index contributed by atoms with van der Waals surface area (Å²) in [6.45, 7) is -0.955. The topological polar surface area (TPSA) is 64.3 Å². The number of hydrogen-bond donors (Lipinski definition) is 2. The van der Waals surface area contributed by atoms with Crippen LogP contribution in [0.15, 0.2) is 18.2 Å². The van der Waals surface area contributed by atoms with Crippen LogP contribution < -0.4 is 15.8 Å². The first-order valence-corrected chi connectivity index (χ1v) is 5.81. The highest BCUT2D eigenvalue weighted by molar-refractivity contribution is 5.96. The van der Waals surface area contributed by atoms with E-state index in [0.29, 0.717) is 13.0 Å². The molecule has 1 aromatic carbocycles. The normalized spacial score (nSPS) is 11.2. The lowest BCUT2D eigenvalue weighted by atomic mass is 10.2. The molecule has 0 atom stereocenters. The van der Waals surface area contributed by atoms with Crippen molar-refractivity contribution in [2.75, 3.05) is 19.7 Å². The fourth-order valence-corrected chi connectivity index (χ4v) is 1.35. The smallest absolute Gasteiger partial charge is 0.405 e. The van der Waals surface area contributed by atoms with Crippen LogP contribution in [0.4, 0.5) is 17.6 Å². The number of alkyl halides is 3. The maximum Gasteiger partial charge on any atom is 0.405 e. The molecule has 0 spiro atoms. The third-order valence-electron chi connectivity index (χ3n) is 2.24. The number of nitrogens with one attached hydrogen (secondary N) is 1. The molecule has 1 aromatic rings. The maximum absolute atomic E-state index is 13.1. The number of amides is 1. The van der Waals surface area contributed by atoms with E-state index < -0.39 is 24.4 Å². The molecule has 8 heteroatoms. The van der Waals surface area contributed by atoms with E-state index >= 15 is 0 Å². The van der Waals surface area contributed by atoms with Crippen LogP contribution in [0.1, 0.15) is 16.8 Å². The number of halogens is 4. The van der Waals surface area contributed by atoms with Gasteiger partial charge in [-0.15, -0.1) is 0 Å². The van der Waals surface area contributed by atoms with E-state index in [1.807, 2.05) is 0 Å². The van der Waals surface area contributed by atoms with E-state index in [1.54, 1.807) is 5.32 Å². The lowest BCUT2D eigenvalue weighted by Crippen LogP contribution is -2.34. The number of carbonyl (C=O) groups excluding carboxylic acids is 1. The molecule has 0 saturated carbocycles. The quantitative estimate of drug-likeness (QED) is 0.621. The minimum Gasteiger partial charge on any atom is -0.493 e. The van der Waals surface area contributed by atoms with E-state index in [-0.39, 0.29) is 17.9 Å². The second-order valence-corrected chi connectivity index (χ2v) is 3.93. The molecule has 20 heavy (non-hydrogen) atoms. The van der Waals surface area contributed by atoms with Crippen molar-refractivity contribution in [2.45, 2.75) is 12.6 Å². The summed E-state index contributed by atoms with van der Waals surface area (Å²) in [7, 11) is 0. The zero-order chi connectivity index (χ0) is 15.2. The van der Waals surface area contributed by atoms with E-state index in [0.717, 1.165) is 12.1 Å². The molecule has 0 bridgehead atoms. The lowest BCUT2D eigenvalue weighted by Gasteiger charge is -2.12. The number of ether oxygens (including phenoxy) is 1. The van der Waals surface area contributed by atoms with Crippen LogP contribution in [-0.4, -0.2) is 31.8 Å². The number of rotatable bonds is 6. The molecule has 0 aromatic heterocycles. The molecule has 4 nitrogen and oxygen atoms in total. The standard InChI is InChI=1S/C12H14F4N2O2/c13-8-2-3-10(20-5-1-4-17)9(6-8)11(19)18-7-12(14,15)16/h2-3,6H,1,4-5,7,17H2,(H,18,19). The molecule has 0 saturated heterocycles. The summed E-state index contributed by atoms with van der Waals surface area (Å²) in [4.78, 5) is 11.6. The molecular formula is C12H14F4N2O2. The number of benzene rings is 1. The summed E-state index contributed by atoms with van der Waals surface area (Å²) < 4.78 is 54.4. The summed E-state index contributed by atoms with van der Waals surface area (Å²) >= 11 is 0. The Morgan fingerprint density at radius 1 is 1.35 bits per heavy atom. The summed E-state index contributed by atoms with van der Waals surface area (Å²) in [5.41, 5.74) is 4.98. The first kappa shape index (κ1) is 16.2. The zero-order valence-electron chi connectivity index (χ0n) is 10.5. The Kier molecular flexibility index (Phi) is 5.75. The van der Waals surface area contributed by atoms with Crippen molar-refractivity contribution in [2.24, 2.45) is 5.73 Å². The fraction of sp³-hybridized carbons (Fsp3) is 0.417. The van der Waals surface area contributed by atoms with Crippen LogP contribution in [0.3, 0.4) is 0 Å². The molecule has 0 heterocycles. The number of carbonyl (C=O) groups is 1. The Balaban J connectivity index is 2.80. The van der Waals surface area contributed by atoms with E-state index in [4.69, 9.17) is 10.5 Å². The molecule has 0 aliphatic rings. The monoisotopic (exact) mass is 294 g/mol. The van der Waals surface area contributed by atoms with Gasteiger partial charge in [-0.1, -0.05) is 0 Å². The van der Waals surface area contributed by atoms with E-state index in [2.05, 4.69) is 0 Å². The first-order chi connectivity index (χ1) is 9.33. The van der Waals surface area contributed by atoms with Gasteiger partial charge in [-0.2, -0.15) is 13.2 Å². The summed E-state index contributed by atoms with van der Waals surface area (Å²) in [5.74, 6) is -1.78. The Morgan fingerprint density at radius 3 is 2.65 bits per heavy atom. The van der Waals surface area contributed by atoms with Gasteiger partial charge in [0.25, 0.3) is 5.91 Å². The SMILES string of the molecule is NCCCOc1ccc(F)cc1C(=O)NCC(F)(F)F. The molecule has 3 N–H and O–H groups in total.